The second kappa shape index (κ2) is 5.20. The van der Waals surface area contributed by atoms with Gasteiger partial charge in [-0.05, 0) is 49.3 Å². The number of aromatic nitrogens is 2. The molecule has 0 bridgehead atoms. The highest BCUT2D eigenvalue weighted by Gasteiger charge is 2.51. The number of nitrogens with one attached hydrogen (secondary N) is 1. The van der Waals surface area contributed by atoms with Crippen LogP contribution < -0.4 is 10.4 Å². The summed E-state index contributed by atoms with van der Waals surface area (Å²) in [5.74, 6) is -0.626. The number of rotatable bonds is 3. The first-order valence-electron chi connectivity index (χ1n) is 8.45. The topological polar surface area (TPSA) is 90.2 Å². The number of carbonyl (C=O) groups is 1. The van der Waals surface area contributed by atoms with Crippen molar-refractivity contribution in [3.05, 3.63) is 28.7 Å². The van der Waals surface area contributed by atoms with Gasteiger partial charge in [-0.25, -0.2) is 17.9 Å². The molecule has 4 rings (SSSR count). The standard InChI is InChI=1S/C17H21N3O4S/c1-19-13-5-4-12(8-14(13)20(2)16(19)22)25(23,24)18-15(21)11-9-17(10-11)6-3-7-17/h4-5,8,11H,3,6-7,9-10H2,1-2H3,(H,18,21). The molecule has 0 unspecified atom stereocenters. The molecule has 0 radical (unpaired) electrons. The lowest BCUT2D eigenvalue weighted by molar-refractivity contribution is -0.134. The fourth-order valence-electron chi connectivity index (χ4n) is 4.18. The maximum absolute atomic E-state index is 12.6. The minimum atomic E-state index is -3.94. The van der Waals surface area contributed by atoms with E-state index in [4.69, 9.17) is 0 Å². The SMILES string of the molecule is Cn1c(=O)n(C)c2cc(S(=O)(=O)NC(=O)C3CC4(CCC4)C3)ccc21. The summed E-state index contributed by atoms with van der Waals surface area (Å²) in [6.45, 7) is 0. The highest BCUT2D eigenvalue weighted by atomic mass is 32.2. The number of fused-ring (bicyclic) bond motifs is 1. The van der Waals surface area contributed by atoms with Gasteiger partial charge in [-0.2, -0.15) is 0 Å². The summed E-state index contributed by atoms with van der Waals surface area (Å²) in [4.78, 5) is 24.2. The molecule has 0 saturated heterocycles. The van der Waals surface area contributed by atoms with Crippen LogP contribution in [0.2, 0.25) is 0 Å². The first-order valence-corrected chi connectivity index (χ1v) is 9.93. The predicted molar refractivity (Wildman–Crippen MR) is 92.5 cm³/mol. The van der Waals surface area contributed by atoms with Gasteiger partial charge in [0.2, 0.25) is 5.91 Å². The third-order valence-electron chi connectivity index (χ3n) is 5.93. The number of aryl methyl sites for hydroxylation is 2. The van der Waals surface area contributed by atoms with Gasteiger partial charge in [0, 0.05) is 20.0 Å². The Morgan fingerprint density at radius 3 is 2.40 bits per heavy atom. The number of hydrogen-bond donors (Lipinski definition) is 1. The molecule has 2 saturated carbocycles. The largest absolute Gasteiger partial charge is 0.328 e. The molecule has 1 heterocycles. The van der Waals surface area contributed by atoms with E-state index in [9.17, 15) is 18.0 Å². The van der Waals surface area contributed by atoms with Crippen LogP contribution in [-0.2, 0) is 28.9 Å². The zero-order chi connectivity index (χ0) is 18.0. The van der Waals surface area contributed by atoms with Crippen LogP contribution in [0.1, 0.15) is 32.1 Å². The second-order valence-corrected chi connectivity index (χ2v) is 9.16. The summed E-state index contributed by atoms with van der Waals surface area (Å²) in [5, 5.41) is 0. The molecule has 2 aliphatic carbocycles. The van der Waals surface area contributed by atoms with Crippen LogP contribution in [0.4, 0.5) is 0 Å². The lowest BCUT2D eigenvalue weighted by Crippen LogP contribution is -2.49. The van der Waals surface area contributed by atoms with Gasteiger partial charge in [0.1, 0.15) is 0 Å². The fourth-order valence-corrected chi connectivity index (χ4v) is 5.25. The number of sulfonamides is 1. The van der Waals surface area contributed by atoms with E-state index in [0.29, 0.717) is 16.4 Å². The van der Waals surface area contributed by atoms with Crippen LogP contribution in [0.3, 0.4) is 0 Å². The van der Waals surface area contributed by atoms with Crippen molar-refractivity contribution in [1.29, 1.82) is 0 Å². The van der Waals surface area contributed by atoms with E-state index in [0.717, 1.165) is 25.7 Å². The number of carbonyl (C=O) groups excluding carboxylic acids is 1. The molecular weight excluding hydrogens is 342 g/mol. The lowest BCUT2D eigenvalue weighted by Gasteiger charge is -2.53. The molecule has 134 valence electrons. The zero-order valence-electron chi connectivity index (χ0n) is 14.3. The highest BCUT2D eigenvalue weighted by Crippen LogP contribution is 2.58. The molecule has 2 aromatic rings. The Morgan fingerprint density at radius 2 is 1.80 bits per heavy atom. The monoisotopic (exact) mass is 363 g/mol. The third kappa shape index (κ3) is 2.42. The quantitative estimate of drug-likeness (QED) is 0.889. The molecule has 25 heavy (non-hydrogen) atoms. The smallest absolute Gasteiger partial charge is 0.295 e. The van der Waals surface area contributed by atoms with Gasteiger partial charge >= 0.3 is 5.69 Å². The Labute approximate surface area is 145 Å². The Bertz CT molecular complexity index is 1040. The summed E-state index contributed by atoms with van der Waals surface area (Å²) in [5.41, 5.74) is 1.24. The van der Waals surface area contributed by atoms with Crippen LogP contribution in [0, 0.1) is 11.3 Å². The Morgan fingerprint density at radius 1 is 1.16 bits per heavy atom. The Balaban J connectivity index is 1.57. The van der Waals surface area contributed by atoms with Gasteiger partial charge < -0.3 is 0 Å². The van der Waals surface area contributed by atoms with Gasteiger partial charge in [0.25, 0.3) is 10.0 Å². The highest BCUT2D eigenvalue weighted by molar-refractivity contribution is 7.90. The van der Waals surface area contributed by atoms with Gasteiger partial charge in [-0.15, -0.1) is 0 Å². The molecule has 1 N–H and O–H groups in total. The molecule has 0 aliphatic heterocycles. The zero-order valence-corrected chi connectivity index (χ0v) is 15.1. The number of nitrogens with zero attached hydrogens (tertiary/aromatic N) is 2. The summed E-state index contributed by atoms with van der Waals surface area (Å²) >= 11 is 0. The molecule has 1 aromatic carbocycles. The van der Waals surface area contributed by atoms with Crippen molar-refractivity contribution < 1.29 is 13.2 Å². The number of hydrogen-bond acceptors (Lipinski definition) is 4. The van der Waals surface area contributed by atoms with Crippen molar-refractivity contribution in [1.82, 2.24) is 13.9 Å². The average Bonchev–Trinajstić information content (AvgIpc) is 2.68. The van der Waals surface area contributed by atoms with E-state index >= 15 is 0 Å². The van der Waals surface area contributed by atoms with Crippen molar-refractivity contribution in [2.45, 2.75) is 37.0 Å². The molecule has 1 amide bonds. The maximum atomic E-state index is 12.6. The number of imidazole rings is 1. The van der Waals surface area contributed by atoms with Crippen LogP contribution >= 0.6 is 0 Å². The lowest BCUT2D eigenvalue weighted by atomic mass is 9.52. The van der Waals surface area contributed by atoms with Crippen LogP contribution in [0.5, 0.6) is 0 Å². The summed E-state index contributed by atoms with van der Waals surface area (Å²) in [7, 11) is -0.721. The predicted octanol–water partition coefficient (Wildman–Crippen LogP) is 1.26. The minimum Gasteiger partial charge on any atom is -0.295 e. The van der Waals surface area contributed by atoms with Crippen LogP contribution in [-0.4, -0.2) is 23.5 Å². The second-order valence-electron chi connectivity index (χ2n) is 7.48. The minimum absolute atomic E-state index is 0.00719. The summed E-state index contributed by atoms with van der Waals surface area (Å²) in [6, 6.07) is 4.44. The van der Waals surface area contributed by atoms with Crippen molar-refractivity contribution >= 4 is 27.0 Å². The van der Waals surface area contributed by atoms with Crippen molar-refractivity contribution in [3.63, 3.8) is 0 Å². The molecule has 7 nitrogen and oxygen atoms in total. The first-order chi connectivity index (χ1) is 11.7. The van der Waals surface area contributed by atoms with Crippen molar-refractivity contribution in [2.75, 3.05) is 0 Å². The van der Waals surface area contributed by atoms with Crippen molar-refractivity contribution in [2.24, 2.45) is 25.4 Å². The van der Waals surface area contributed by atoms with Gasteiger partial charge in [-0.3, -0.25) is 13.9 Å². The van der Waals surface area contributed by atoms with E-state index in [1.165, 1.54) is 27.7 Å². The maximum Gasteiger partial charge on any atom is 0.328 e. The summed E-state index contributed by atoms with van der Waals surface area (Å²) in [6.07, 6.45) is 5.11. The van der Waals surface area contributed by atoms with Gasteiger partial charge in [0.15, 0.2) is 0 Å². The number of benzene rings is 1. The normalized spacial score (nSPS) is 19.6. The Kier molecular flexibility index (Phi) is 3.41. The molecule has 1 aromatic heterocycles. The van der Waals surface area contributed by atoms with Gasteiger partial charge in [0.05, 0.1) is 15.9 Å². The molecule has 0 atom stereocenters. The molecule has 1 spiro atoms. The van der Waals surface area contributed by atoms with E-state index in [2.05, 4.69) is 4.72 Å². The van der Waals surface area contributed by atoms with E-state index < -0.39 is 15.9 Å². The van der Waals surface area contributed by atoms with E-state index in [1.807, 2.05) is 0 Å². The van der Waals surface area contributed by atoms with Crippen LogP contribution in [0.15, 0.2) is 27.9 Å². The van der Waals surface area contributed by atoms with Crippen molar-refractivity contribution in [3.8, 4) is 0 Å². The van der Waals surface area contributed by atoms with E-state index in [1.54, 1.807) is 20.2 Å². The third-order valence-corrected chi connectivity index (χ3v) is 7.28. The molecule has 2 aliphatic rings. The average molecular weight is 363 g/mol. The molecular formula is C17H21N3O4S. The fraction of sp³-hybridized carbons (Fsp3) is 0.529. The summed E-state index contributed by atoms with van der Waals surface area (Å²) < 4.78 is 30.2. The Hall–Kier alpha value is -2.09. The van der Waals surface area contributed by atoms with Crippen LogP contribution in [0.25, 0.3) is 11.0 Å². The van der Waals surface area contributed by atoms with Gasteiger partial charge in [-0.1, -0.05) is 6.42 Å². The first kappa shape index (κ1) is 16.4. The number of amides is 1. The molecule has 8 heteroatoms. The molecule has 2 fully saturated rings. The van der Waals surface area contributed by atoms with E-state index in [-0.39, 0.29) is 16.5 Å².